The number of benzene rings is 3. The van der Waals surface area contributed by atoms with Crippen molar-refractivity contribution >= 4 is 29.1 Å². The number of amides is 3. The van der Waals surface area contributed by atoms with Crippen LogP contribution in [0.25, 0.3) is 0 Å². The number of nitrogens with one attached hydrogen (secondary N) is 1. The summed E-state index contributed by atoms with van der Waals surface area (Å²) in [6.07, 6.45) is 3.28. The highest BCUT2D eigenvalue weighted by Crippen LogP contribution is 2.40. The molecule has 3 aromatic rings. The molecule has 1 fully saturated rings. The number of rotatable bonds is 6. The molecule has 3 amide bonds. The highest BCUT2D eigenvalue weighted by molar-refractivity contribution is 6.22. The van der Waals surface area contributed by atoms with Crippen LogP contribution in [0.4, 0.5) is 11.4 Å². The molecule has 1 N–H and O–H groups in total. The van der Waals surface area contributed by atoms with Crippen LogP contribution < -0.4 is 15.0 Å². The SMILES string of the molecule is CC1=CC[C@@H]2C(=O)N(c3ccc(C(=O)Nc4ccc(Oc5cc(C)ccc5C(C)C)cc4)cc3)C(=O)[C@@H]2C1. The van der Waals surface area contributed by atoms with E-state index in [1.807, 2.05) is 38.1 Å². The lowest BCUT2D eigenvalue weighted by atomic mass is 9.82. The third-order valence-corrected chi connectivity index (χ3v) is 7.34. The minimum atomic E-state index is -0.288. The highest BCUT2D eigenvalue weighted by atomic mass is 16.5. The van der Waals surface area contributed by atoms with Gasteiger partial charge in [0.2, 0.25) is 11.8 Å². The van der Waals surface area contributed by atoms with Crippen molar-refractivity contribution in [1.82, 2.24) is 0 Å². The number of hydrogen-bond donors (Lipinski definition) is 1. The molecule has 3 aromatic carbocycles. The third kappa shape index (κ3) is 4.99. The molecule has 0 saturated carbocycles. The van der Waals surface area contributed by atoms with Gasteiger partial charge in [0.05, 0.1) is 17.5 Å². The van der Waals surface area contributed by atoms with Crippen molar-refractivity contribution in [2.75, 3.05) is 10.2 Å². The summed E-state index contributed by atoms with van der Waals surface area (Å²) in [7, 11) is 0. The van der Waals surface area contributed by atoms with E-state index in [2.05, 4.69) is 31.3 Å². The first kappa shape index (κ1) is 25.5. The summed E-state index contributed by atoms with van der Waals surface area (Å²) < 4.78 is 6.14. The number of hydrogen-bond acceptors (Lipinski definition) is 4. The number of ether oxygens (including phenoxy) is 1. The second kappa shape index (κ2) is 10.3. The summed E-state index contributed by atoms with van der Waals surface area (Å²) in [5.74, 6) is 0.686. The molecule has 6 nitrogen and oxygen atoms in total. The van der Waals surface area contributed by atoms with Gasteiger partial charge in [-0.25, -0.2) is 0 Å². The molecule has 2 atom stereocenters. The minimum Gasteiger partial charge on any atom is -0.457 e. The van der Waals surface area contributed by atoms with Crippen LogP contribution in [0.15, 0.2) is 78.4 Å². The van der Waals surface area contributed by atoms with E-state index in [1.165, 1.54) is 4.90 Å². The average Bonchev–Trinajstić information content (AvgIpc) is 3.14. The molecule has 1 aliphatic heterocycles. The summed E-state index contributed by atoms with van der Waals surface area (Å²) in [5.41, 5.74) is 4.99. The fourth-order valence-corrected chi connectivity index (χ4v) is 5.20. The predicted octanol–water partition coefficient (Wildman–Crippen LogP) is 7.01. The lowest BCUT2D eigenvalue weighted by Gasteiger charge is -2.18. The zero-order valence-electron chi connectivity index (χ0n) is 22.2. The Morgan fingerprint density at radius 2 is 1.61 bits per heavy atom. The van der Waals surface area contributed by atoms with Crippen LogP contribution in [-0.2, 0) is 9.59 Å². The highest BCUT2D eigenvalue weighted by Gasteiger charge is 2.48. The van der Waals surface area contributed by atoms with Gasteiger partial charge in [0.15, 0.2) is 0 Å². The number of imide groups is 1. The molecule has 38 heavy (non-hydrogen) atoms. The smallest absolute Gasteiger partial charge is 0.255 e. The molecule has 1 saturated heterocycles. The van der Waals surface area contributed by atoms with Gasteiger partial charge in [0.25, 0.3) is 5.91 Å². The summed E-state index contributed by atoms with van der Waals surface area (Å²) >= 11 is 0. The van der Waals surface area contributed by atoms with E-state index in [9.17, 15) is 14.4 Å². The molecular weight excluding hydrogens is 476 g/mol. The summed E-state index contributed by atoms with van der Waals surface area (Å²) in [5, 5.41) is 2.89. The number of anilines is 2. The van der Waals surface area contributed by atoms with Crippen molar-refractivity contribution in [3.8, 4) is 11.5 Å². The van der Waals surface area contributed by atoms with Crippen LogP contribution in [0.2, 0.25) is 0 Å². The first-order chi connectivity index (χ1) is 18.2. The molecule has 0 bridgehead atoms. The lowest BCUT2D eigenvalue weighted by molar-refractivity contribution is -0.122. The van der Waals surface area contributed by atoms with E-state index in [1.54, 1.807) is 36.4 Å². The third-order valence-electron chi connectivity index (χ3n) is 7.34. The first-order valence-electron chi connectivity index (χ1n) is 13.0. The Balaban J connectivity index is 1.24. The standard InChI is InChI=1S/C32H32N2O4/c1-19(2)26-15-5-21(4)18-29(26)38-25-13-9-23(10-14-25)33-30(35)22-7-11-24(12-8-22)34-31(36)27-16-6-20(3)17-28(27)32(34)37/h5-15,18-19,27-28H,16-17H2,1-4H3,(H,33,35)/t27-,28+/m0/s1. The Bertz CT molecular complexity index is 1420. The second-order valence-corrected chi connectivity index (χ2v) is 10.5. The van der Waals surface area contributed by atoms with Crippen molar-refractivity contribution in [3.63, 3.8) is 0 Å². The van der Waals surface area contributed by atoms with Crippen LogP contribution in [-0.4, -0.2) is 17.7 Å². The van der Waals surface area contributed by atoms with Crippen LogP contribution in [0.1, 0.15) is 61.0 Å². The minimum absolute atomic E-state index is 0.155. The zero-order valence-corrected chi connectivity index (χ0v) is 22.2. The monoisotopic (exact) mass is 508 g/mol. The number of carbonyl (C=O) groups is 3. The van der Waals surface area contributed by atoms with Gasteiger partial charge in [0.1, 0.15) is 11.5 Å². The molecule has 1 heterocycles. The molecule has 0 aromatic heterocycles. The van der Waals surface area contributed by atoms with Gasteiger partial charge in [-0.3, -0.25) is 19.3 Å². The average molecular weight is 509 g/mol. The fourth-order valence-electron chi connectivity index (χ4n) is 5.20. The van der Waals surface area contributed by atoms with E-state index in [-0.39, 0.29) is 29.6 Å². The van der Waals surface area contributed by atoms with E-state index in [0.29, 0.717) is 41.4 Å². The Hall–Kier alpha value is -4.19. The van der Waals surface area contributed by atoms with Crippen molar-refractivity contribution < 1.29 is 19.1 Å². The molecule has 0 unspecified atom stereocenters. The van der Waals surface area contributed by atoms with Gasteiger partial charge >= 0.3 is 0 Å². The van der Waals surface area contributed by atoms with Crippen molar-refractivity contribution in [2.24, 2.45) is 11.8 Å². The fraction of sp³-hybridized carbons (Fsp3) is 0.281. The number of nitrogens with zero attached hydrogens (tertiary/aromatic N) is 1. The molecular formula is C32H32N2O4. The Morgan fingerprint density at radius 1 is 0.921 bits per heavy atom. The maximum Gasteiger partial charge on any atom is 0.255 e. The Labute approximate surface area is 223 Å². The largest absolute Gasteiger partial charge is 0.457 e. The van der Waals surface area contributed by atoms with Crippen LogP contribution in [0.5, 0.6) is 11.5 Å². The number of aryl methyl sites for hydroxylation is 1. The Kier molecular flexibility index (Phi) is 6.89. The Morgan fingerprint density at radius 3 is 2.29 bits per heavy atom. The maximum atomic E-state index is 13.0. The van der Waals surface area contributed by atoms with Crippen molar-refractivity contribution in [3.05, 3.63) is 95.1 Å². The van der Waals surface area contributed by atoms with E-state index >= 15 is 0 Å². The van der Waals surface area contributed by atoms with Crippen molar-refractivity contribution in [1.29, 1.82) is 0 Å². The van der Waals surface area contributed by atoms with E-state index in [4.69, 9.17) is 4.74 Å². The normalized spacial score (nSPS) is 18.9. The van der Waals surface area contributed by atoms with Gasteiger partial charge in [0, 0.05) is 11.3 Å². The van der Waals surface area contributed by atoms with Gasteiger partial charge in [-0.05, 0) is 98.3 Å². The van der Waals surface area contributed by atoms with Gasteiger partial charge < -0.3 is 10.1 Å². The summed E-state index contributed by atoms with van der Waals surface area (Å²) in [4.78, 5) is 40.0. The lowest BCUT2D eigenvalue weighted by Crippen LogP contribution is -2.30. The molecule has 1 aliphatic carbocycles. The molecule has 5 rings (SSSR count). The predicted molar refractivity (Wildman–Crippen MR) is 149 cm³/mol. The number of allylic oxidation sites excluding steroid dienone is 2. The van der Waals surface area contributed by atoms with Gasteiger partial charge in [-0.15, -0.1) is 0 Å². The topological polar surface area (TPSA) is 75.7 Å². The number of fused-ring (bicyclic) bond motifs is 1. The quantitative estimate of drug-likeness (QED) is 0.287. The molecule has 0 spiro atoms. The molecule has 6 heteroatoms. The van der Waals surface area contributed by atoms with Gasteiger partial charge in [-0.2, -0.15) is 0 Å². The summed E-state index contributed by atoms with van der Waals surface area (Å²) in [6, 6.07) is 20.0. The van der Waals surface area contributed by atoms with Gasteiger partial charge in [-0.1, -0.05) is 37.6 Å². The number of carbonyl (C=O) groups excluding carboxylic acids is 3. The van der Waals surface area contributed by atoms with Crippen molar-refractivity contribution in [2.45, 2.75) is 46.5 Å². The van der Waals surface area contributed by atoms with Crippen LogP contribution in [0, 0.1) is 18.8 Å². The molecule has 2 aliphatic rings. The van der Waals surface area contributed by atoms with E-state index < -0.39 is 0 Å². The summed E-state index contributed by atoms with van der Waals surface area (Å²) in [6.45, 7) is 8.30. The van der Waals surface area contributed by atoms with E-state index in [0.717, 1.165) is 22.4 Å². The first-order valence-corrected chi connectivity index (χ1v) is 13.0. The maximum absolute atomic E-state index is 13.0. The van der Waals surface area contributed by atoms with Crippen LogP contribution >= 0.6 is 0 Å². The molecule has 194 valence electrons. The van der Waals surface area contributed by atoms with Crippen LogP contribution in [0.3, 0.4) is 0 Å². The zero-order chi connectivity index (χ0) is 27.0. The molecule has 0 radical (unpaired) electrons. The second-order valence-electron chi connectivity index (χ2n) is 10.5.